The van der Waals surface area contributed by atoms with Crippen LogP contribution in [0.3, 0.4) is 0 Å². The SMILES string of the molecule is COc1cc(OC)c2c(O)c(/C=C/C3=[N+](CCCCCC(=O)O)c4ccc(S(=O)(=O)[O-])cc4C3(C)C)c(=O)oc2c1. The van der Waals surface area contributed by atoms with E-state index in [1.165, 1.54) is 38.5 Å². The minimum atomic E-state index is -4.70. The Morgan fingerprint density at radius 1 is 1.10 bits per heavy atom. The van der Waals surface area contributed by atoms with Gasteiger partial charge < -0.3 is 28.7 Å². The number of carboxylic acid groups (broad SMARTS) is 1. The standard InChI is InChI=1S/C29H31NO10S/c1-29(2)20-16-18(41(35,36)37)9-11-21(20)30(13-7-5-6-8-25(31)32)24(29)12-10-19-27(33)26-22(39-4)14-17(38-3)15-23(26)40-28(19)34/h9-12,14-16H,5-8,13H2,1-4H3,(H2,31,32,35,36,37). The summed E-state index contributed by atoms with van der Waals surface area (Å²) in [7, 11) is -1.84. The van der Waals surface area contributed by atoms with Gasteiger partial charge in [-0.3, -0.25) is 4.79 Å². The fourth-order valence-electron chi connectivity index (χ4n) is 5.13. The molecule has 2 heterocycles. The van der Waals surface area contributed by atoms with Gasteiger partial charge in [0.05, 0.1) is 24.5 Å². The lowest BCUT2D eigenvalue weighted by molar-refractivity contribution is -0.438. The monoisotopic (exact) mass is 585 g/mol. The van der Waals surface area contributed by atoms with Crippen molar-refractivity contribution in [2.45, 2.75) is 49.8 Å². The third kappa shape index (κ3) is 5.84. The Balaban J connectivity index is 1.82. The highest BCUT2D eigenvalue weighted by atomic mass is 32.2. The van der Waals surface area contributed by atoms with Gasteiger partial charge in [0, 0.05) is 42.7 Å². The van der Waals surface area contributed by atoms with Gasteiger partial charge >= 0.3 is 11.6 Å². The van der Waals surface area contributed by atoms with Crippen LogP contribution in [-0.2, 0) is 20.3 Å². The first-order valence-electron chi connectivity index (χ1n) is 12.9. The number of benzene rings is 2. The van der Waals surface area contributed by atoms with Gasteiger partial charge in [-0.05, 0) is 44.9 Å². The Labute approximate surface area is 236 Å². The summed E-state index contributed by atoms with van der Waals surface area (Å²) in [6, 6.07) is 7.20. The van der Waals surface area contributed by atoms with Crippen LogP contribution in [-0.4, -0.2) is 60.2 Å². The van der Waals surface area contributed by atoms with Crippen molar-refractivity contribution < 1.29 is 46.4 Å². The summed E-state index contributed by atoms with van der Waals surface area (Å²) < 4.78 is 53.3. The molecule has 12 heteroatoms. The summed E-state index contributed by atoms with van der Waals surface area (Å²) in [5, 5.41) is 20.2. The number of nitrogens with zero attached hydrogens (tertiary/aromatic N) is 1. The van der Waals surface area contributed by atoms with E-state index >= 15 is 0 Å². The van der Waals surface area contributed by atoms with Crippen LogP contribution in [0.25, 0.3) is 17.0 Å². The van der Waals surface area contributed by atoms with Crippen molar-refractivity contribution in [3.8, 4) is 17.2 Å². The third-order valence-electron chi connectivity index (χ3n) is 7.24. The Hall–Kier alpha value is -4.16. The number of aliphatic carboxylic acids is 1. The molecule has 41 heavy (non-hydrogen) atoms. The number of carboxylic acids is 1. The minimum Gasteiger partial charge on any atom is -0.744 e. The van der Waals surface area contributed by atoms with Gasteiger partial charge in [-0.15, -0.1) is 0 Å². The van der Waals surface area contributed by atoms with Crippen molar-refractivity contribution >= 4 is 44.5 Å². The molecule has 0 spiro atoms. The predicted molar refractivity (Wildman–Crippen MR) is 150 cm³/mol. The van der Waals surface area contributed by atoms with E-state index in [-0.39, 0.29) is 39.3 Å². The van der Waals surface area contributed by atoms with E-state index in [1.807, 2.05) is 18.4 Å². The van der Waals surface area contributed by atoms with Crippen LogP contribution >= 0.6 is 0 Å². The lowest BCUT2D eigenvalue weighted by Crippen LogP contribution is -2.28. The highest BCUT2D eigenvalue weighted by Gasteiger charge is 2.44. The van der Waals surface area contributed by atoms with Crippen molar-refractivity contribution in [2.75, 3.05) is 20.8 Å². The van der Waals surface area contributed by atoms with E-state index in [1.54, 1.807) is 18.2 Å². The molecule has 1 aromatic heterocycles. The molecule has 0 aliphatic carbocycles. The van der Waals surface area contributed by atoms with Crippen LogP contribution in [0.2, 0.25) is 0 Å². The average molecular weight is 586 g/mol. The van der Waals surface area contributed by atoms with Crippen LogP contribution in [0.1, 0.15) is 50.7 Å². The van der Waals surface area contributed by atoms with Crippen molar-refractivity contribution in [3.05, 3.63) is 58.0 Å². The molecule has 2 N–H and O–H groups in total. The van der Waals surface area contributed by atoms with E-state index in [2.05, 4.69) is 0 Å². The van der Waals surface area contributed by atoms with Crippen molar-refractivity contribution in [1.29, 1.82) is 0 Å². The minimum absolute atomic E-state index is 0.0512. The van der Waals surface area contributed by atoms with Crippen LogP contribution in [0, 0.1) is 0 Å². The van der Waals surface area contributed by atoms with Crippen molar-refractivity contribution in [1.82, 2.24) is 0 Å². The second-order valence-corrected chi connectivity index (χ2v) is 11.6. The zero-order valence-electron chi connectivity index (χ0n) is 23.1. The summed E-state index contributed by atoms with van der Waals surface area (Å²) in [4.78, 5) is 23.5. The number of methoxy groups -OCH3 is 2. The molecule has 0 saturated heterocycles. The maximum atomic E-state index is 12.9. The molecule has 0 amide bonds. The molecule has 0 atom stereocenters. The highest BCUT2D eigenvalue weighted by molar-refractivity contribution is 7.85. The first kappa shape index (κ1) is 29.8. The van der Waals surface area contributed by atoms with Crippen LogP contribution in [0.5, 0.6) is 17.2 Å². The van der Waals surface area contributed by atoms with E-state index in [9.17, 15) is 27.7 Å². The second kappa shape index (κ2) is 11.4. The van der Waals surface area contributed by atoms with Crippen LogP contribution in [0.15, 0.2) is 50.5 Å². The molecule has 0 radical (unpaired) electrons. The molecule has 218 valence electrons. The summed E-state index contributed by atoms with van der Waals surface area (Å²) in [6.07, 6.45) is 4.89. The molecule has 1 aliphatic heterocycles. The van der Waals surface area contributed by atoms with Crippen LogP contribution < -0.4 is 15.1 Å². The lowest BCUT2D eigenvalue weighted by Gasteiger charge is -2.17. The summed E-state index contributed by atoms with van der Waals surface area (Å²) in [5.41, 5.74) is 0.320. The topological polar surface area (TPSA) is 166 Å². The van der Waals surface area contributed by atoms with E-state index in [0.29, 0.717) is 48.5 Å². The maximum Gasteiger partial charge on any atom is 0.347 e. The number of carbonyl (C=O) groups is 1. The maximum absolute atomic E-state index is 12.9. The first-order valence-corrected chi connectivity index (χ1v) is 14.3. The summed E-state index contributed by atoms with van der Waals surface area (Å²) in [5.74, 6) is -0.602. The molecule has 11 nitrogen and oxygen atoms in total. The molecule has 3 aromatic rings. The number of rotatable bonds is 11. The zero-order valence-corrected chi connectivity index (χ0v) is 23.9. The summed E-state index contributed by atoms with van der Waals surface area (Å²) >= 11 is 0. The Kier molecular flexibility index (Phi) is 8.27. The number of unbranched alkanes of at least 4 members (excludes halogenated alkanes) is 2. The molecule has 0 bridgehead atoms. The third-order valence-corrected chi connectivity index (χ3v) is 8.07. The molecule has 0 fully saturated rings. The molecule has 0 saturated carbocycles. The summed E-state index contributed by atoms with van der Waals surface area (Å²) in [6.45, 7) is 4.18. The molecule has 2 aromatic carbocycles. The number of hydrogen-bond acceptors (Lipinski definition) is 9. The largest absolute Gasteiger partial charge is 0.744 e. The molecular formula is C29H31NO10S. The van der Waals surface area contributed by atoms with E-state index in [0.717, 1.165) is 0 Å². The average Bonchev–Trinajstić information content (AvgIpc) is 3.12. The molecule has 1 aliphatic rings. The normalized spacial score (nSPS) is 14.6. The van der Waals surface area contributed by atoms with E-state index in [4.69, 9.17) is 19.0 Å². The van der Waals surface area contributed by atoms with Gasteiger partial charge in [-0.25, -0.2) is 13.2 Å². The van der Waals surface area contributed by atoms with Crippen molar-refractivity contribution in [3.63, 3.8) is 0 Å². The Morgan fingerprint density at radius 3 is 2.46 bits per heavy atom. The zero-order chi connectivity index (χ0) is 30.1. The van der Waals surface area contributed by atoms with Gasteiger partial charge in [-0.1, -0.05) is 0 Å². The Morgan fingerprint density at radius 2 is 1.83 bits per heavy atom. The van der Waals surface area contributed by atoms with E-state index < -0.39 is 27.1 Å². The second-order valence-electron chi connectivity index (χ2n) is 10.2. The fourth-order valence-corrected chi connectivity index (χ4v) is 5.62. The van der Waals surface area contributed by atoms with Crippen molar-refractivity contribution in [2.24, 2.45) is 0 Å². The Bertz CT molecular complexity index is 1750. The number of hydrogen-bond donors (Lipinski definition) is 2. The van der Waals surface area contributed by atoms with Gasteiger partial charge in [-0.2, -0.15) is 4.58 Å². The first-order chi connectivity index (χ1) is 19.3. The van der Waals surface area contributed by atoms with Gasteiger partial charge in [0.2, 0.25) is 5.69 Å². The highest BCUT2D eigenvalue weighted by Crippen LogP contribution is 2.42. The molecule has 4 rings (SSSR count). The number of allylic oxidation sites excluding steroid dienone is 1. The molecular weight excluding hydrogens is 554 g/mol. The quantitative estimate of drug-likeness (QED) is 0.144. The predicted octanol–water partition coefficient (Wildman–Crippen LogP) is 4.15. The number of ether oxygens (including phenoxy) is 2. The number of aromatic hydroxyl groups is 1. The van der Waals surface area contributed by atoms with Gasteiger partial charge in [0.25, 0.3) is 0 Å². The fraction of sp³-hybridized carbons (Fsp3) is 0.345. The smallest absolute Gasteiger partial charge is 0.347 e. The molecule has 0 unspecified atom stereocenters. The van der Waals surface area contributed by atoms with Gasteiger partial charge in [0.1, 0.15) is 50.4 Å². The lowest BCUT2D eigenvalue weighted by atomic mass is 9.81. The van der Waals surface area contributed by atoms with Gasteiger partial charge in [0.15, 0.2) is 5.71 Å². The number of fused-ring (bicyclic) bond motifs is 2. The van der Waals surface area contributed by atoms with Crippen LogP contribution in [0.4, 0.5) is 5.69 Å².